The molecule has 2 aromatic heterocycles. The molecule has 8 bridgehead atoms. The predicted octanol–water partition coefficient (Wildman–Crippen LogP) is 8.26. The number of aromatic amines is 2. The zero-order chi connectivity index (χ0) is 41.9. The van der Waals surface area contributed by atoms with Crippen LogP contribution < -0.4 is 0 Å². The van der Waals surface area contributed by atoms with Crippen LogP contribution in [0.25, 0.3) is 38.9 Å². The molecule has 0 amide bonds. The molecule has 0 saturated carbocycles. The van der Waals surface area contributed by atoms with Gasteiger partial charge in [0.05, 0.1) is 68.1 Å². The molecule has 3 aliphatic heterocycles. The Labute approximate surface area is 338 Å². The largest absolute Gasteiger partial charge is 0.469 e. The van der Waals surface area contributed by atoms with Crippen molar-refractivity contribution in [3.8, 4) is 0 Å². The number of nitrogens with one attached hydrogen (secondary N) is 2. The summed E-state index contributed by atoms with van der Waals surface area (Å²) in [7, 11) is 4.03. The summed E-state index contributed by atoms with van der Waals surface area (Å²) < 4.78 is 21.2. The molecule has 4 aliphatic rings. The van der Waals surface area contributed by atoms with Crippen molar-refractivity contribution in [2.24, 2.45) is 5.92 Å². The summed E-state index contributed by atoms with van der Waals surface area (Å²) in [5, 5.41) is 0. The Morgan fingerprint density at radius 2 is 1.53 bits per heavy atom. The highest BCUT2D eigenvalue weighted by Crippen LogP contribution is 2.53. The summed E-state index contributed by atoms with van der Waals surface area (Å²) in [5.74, 6) is -2.99. The molecular formula is C46H52N4O8. The molecule has 0 aromatic carbocycles. The number of H-pyrrole nitrogens is 2. The smallest absolute Gasteiger partial charge is 0.334 e. The average Bonchev–Trinajstić information content (AvgIpc) is 3.87. The highest BCUT2D eigenvalue weighted by molar-refractivity contribution is 6.03. The van der Waals surface area contributed by atoms with Crippen LogP contribution in [0.4, 0.5) is 0 Å². The molecule has 58 heavy (non-hydrogen) atoms. The number of unbranched alkanes of at least 4 members (excludes halogenated alkanes) is 3. The van der Waals surface area contributed by atoms with E-state index in [-0.39, 0.29) is 31.0 Å². The molecule has 12 heteroatoms. The fraction of sp³-hybridized carbons (Fsp3) is 0.391. The first-order chi connectivity index (χ1) is 27.8. The van der Waals surface area contributed by atoms with Crippen molar-refractivity contribution >= 4 is 62.8 Å². The van der Waals surface area contributed by atoms with Gasteiger partial charge in [0.1, 0.15) is 5.92 Å². The second kappa shape index (κ2) is 17.2. The maximum atomic E-state index is 14.0. The van der Waals surface area contributed by atoms with Gasteiger partial charge in [0, 0.05) is 34.4 Å². The third kappa shape index (κ3) is 7.67. The number of hydrogen-bond acceptors (Lipinski definition) is 10. The molecule has 0 fully saturated rings. The first kappa shape index (κ1) is 41.6. The summed E-state index contributed by atoms with van der Waals surface area (Å²) in [6.07, 6.45) is 9.54. The van der Waals surface area contributed by atoms with Crippen LogP contribution in [-0.4, -0.2) is 71.7 Å². The van der Waals surface area contributed by atoms with Gasteiger partial charge in [-0.1, -0.05) is 51.0 Å². The lowest BCUT2D eigenvalue weighted by Gasteiger charge is -2.37. The van der Waals surface area contributed by atoms with Crippen molar-refractivity contribution in [3.05, 3.63) is 99.9 Å². The summed E-state index contributed by atoms with van der Waals surface area (Å²) in [5.41, 5.74) is 9.93. The number of ether oxygens (including phenoxy) is 4. The number of methoxy groups -OCH3 is 3. The maximum absolute atomic E-state index is 14.0. The Morgan fingerprint density at radius 1 is 0.828 bits per heavy atom. The number of aromatic nitrogens is 4. The summed E-state index contributed by atoms with van der Waals surface area (Å²) in [6.45, 7) is 14.3. The molecule has 1 aliphatic carbocycles. The molecule has 0 spiro atoms. The molecule has 5 heterocycles. The van der Waals surface area contributed by atoms with Crippen molar-refractivity contribution in [1.82, 2.24) is 19.9 Å². The fourth-order valence-corrected chi connectivity index (χ4v) is 8.25. The van der Waals surface area contributed by atoms with E-state index >= 15 is 0 Å². The number of rotatable bonds is 13. The number of nitrogens with zero attached hydrogens (tertiary/aromatic N) is 2. The Hall–Kier alpha value is -6.04. The van der Waals surface area contributed by atoms with Gasteiger partial charge in [0.2, 0.25) is 0 Å². The Kier molecular flexibility index (Phi) is 12.3. The topological polar surface area (TPSA) is 163 Å². The van der Waals surface area contributed by atoms with Crippen molar-refractivity contribution in [2.75, 3.05) is 27.9 Å². The number of carbonyl (C=O) groups excluding carboxylic acids is 4. The average molecular weight is 789 g/mol. The molecule has 0 unspecified atom stereocenters. The lowest BCUT2D eigenvalue weighted by molar-refractivity contribution is -0.149. The quantitative estimate of drug-likeness (QED) is 0.115. The molecule has 2 atom stereocenters. The van der Waals surface area contributed by atoms with Crippen LogP contribution in [0.5, 0.6) is 0 Å². The molecule has 0 saturated heterocycles. The molecule has 12 nitrogen and oxygen atoms in total. The number of carbonyl (C=O) groups is 4. The second-order valence-corrected chi connectivity index (χ2v) is 15.1. The molecule has 304 valence electrons. The van der Waals surface area contributed by atoms with Gasteiger partial charge in [-0.15, -0.1) is 0 Å². The number of esters is 4. The van der Waals surface area contributed by atoms with Crippen molar-refractivity contribution in [2.45, 2.75) is 85.0 Å². The van der Waals surface area contributed by atoms with Crippen LogP contribution in [0.2, 0.25) is 0 Å². The van der Waals surface area contributed by atoms with Crippen LogP contribution >= 0.6 is 0 Å². The van der Waals surface area contributed by atoms with Crippen molar-refractivity contribution in [3.63, 3.8) is 0 Å². The second-order valence-electron chi connectivity index (χ2n) is 15.1. The normalized spacial score (nSPS) is 17.8. The van der Waals surface area contributed by atoms with Crippen LogP contribution in [0.3, 0.4) is 0 Å². The minimum absolute atomic E-state index is 0.0278. The van der Waals surface area contributed by atoms with Gasteiger partial charge < -0.3 is 28.9 Å². The molecule has 2 aromatic rings. The third-order valence-corrected chi connectivity index (χ3v) is 11.7. The number of fused-ring (bicyclic) bond motifs is 11. The van der Waals surface area contributed by atoms with Gasteiger partial charge in [-0.05, 0) is 98.2 Å². The van der Waals surface area contributed by atoms with E-state index < -0.39 is 29.2 Å². The number of hydrogen-bond donors (Lipinski definition) is 2. The first-order valence-electron chi connectivity index (χ1n) is 19.7. The Balaban J connectivity index is 1.67. The summed E-state index contributed by atoms with van der Waals surface area (Å²) in [6, 6.07) is 7.66. The lowest BCUT2D eigenvalue weighted by atomic mass is 9.64. The Morgan fingerprint density at radius 3 is 2.22 bits per heavy atom. The highest BCUT2D eigenvalue weighted by atomic mass is 16.5. The maximum Gasteiger partial charge on any atom is 0.334 e. The zero-order valence-corrected chi connectivity index (χ0v) is 34.6. The van der Waals surface area contributed by atoms with Crippen molar-refractivity contribution < 1.29 is 38.1 Å². The molecular weight excluding hydrogens is 737 g/mol. The molecule has 0 radical (unpaired) electrons. The van der Waals surface area contributed by atoms with Gasteiger partial charge in [-0.25, -0.2) is 14.8 Å². The van der Waals surface area contributed by atoms with Crippen molar-refractivity contribution in [1.29, 1.82) is 0 Å². The van der Waals surface area contributed by atoms with Gasteiger partial charge >= 0.3 is 23.9 Å². The van der Waals surface area contributed by atoms with Crippen LogP contribution in [-0.2, 0) is 50.0 Å². The SMILES string of the molecule is C=CC1=C(C)c2cc3[nH]c(cc4nc(cc5[nH]c(cc1n2)[C@@]1(C)C5=CC=C(C(=O)OCCCCCC)[C@H]1C(=O)OC)C(C)=C4CC(=O)OC)c(CCC(=O)OC)c3C. The monoisotopic (exact) mass is 788 g/mol. The van der Waals surface area contributed by atoms with Crippen LogP contribution in [0.15, 0.2) is 54.6 Å². The van der Waals surface area contributed by atoms with E-state index in [2.05, 4.69) is 23.5 Å². The van der Waals surface area contributed by atoms with E-state index in [9.17, 15) is 19.2 Å². The van der Waals surface area contributed by atoms with Gasteiger partial charge in [0.25, 0.3) is 0 Å². The molecule has 2 N–H and O–H groups in total. The van der Waals surface area contributed by atoms with Gasteiger partial charge in [0.15, 0.2) is 0 Å². The predicted molar refractivity (Wildman–Crippen MR) is 223 cm³/mol. The number of allylic oxidation sites excluding steroid dienone is 7. The molecule has 6 rings (SSSR count). The first-order valence-corrected chi connectivity index (χ1v) is 19.7. The summed E-state index contributed by atoms with van der Waals surface area (Å²) >= 11 is 0. The van der Waals surface area contributed by atoms with E-state index in [0.29, 0.717) is 46.2 Å². The fourth-order valence-electron chi connectivity index (χ4n) is 8.25. The van der Waals surface area contributed by atoms with E-state index in [1.165, 1.54) is 21.3 Å². The summed E-state index contributed by atoms with van der Waals surface area (Å²) in [4.78, 5) is 70.3. The van der Waals surface area contributed by atoms with E-state index in [4.69, 9.17) is 28.9 Å². The van der Waals surface area contributed by atoms with E-state index in [1.54, 1.807) is 12.2 Å². The van der Waals surface area contributed by atoms with E-state index in [0.717, 1.165) is 70.1 Å². The third-order valence-electron chi connectivity index (χ3n) is 11.7. The van der Waals surface area contributed by atoms with Gasteiger partial charge in [-0.2, -0.15) is 0 Å². The minimum Gasteiger partial charge on any atom is -0.469 e. The van der Waals surface area contributed by atoms with E-state index in [1.807, 2.05) is 58.0 Å². The standard InChI is InChI=1S/C46H52N4O8/c1-10-12-13-14-19-58-44(53)30-15-17-32-39-22-35-27(5)31(20-42(52)56-8)37(48-35)23-36-29(16-18-41(51)55-7)26(4)34(47-36)21-33-25(3)28(11-2)38(49-33)24-40(50-39)46(32,6)43(30)45(54)57-9/h11,15,17,21-24,43,47,50H,2,10,12-14,16,18-20H2,1,3-9H3/t43-,46+/m0/s1. The highest BCUT2D eigenvalue weighted by Gasteiger charge is 2.53. The van der Waals surface area contributed by atoms with Gasteiger partial charge in [-0.3, -0.25) is 14.4 Å². The zero-order valence-electron chi connectivity index (χ0n) is 34.6. The van der Waals surface area contributed by atoms with Crippen LogP contribution in [0.1, 0.15) is 112 Å². The minimum atomic E-state index is -1.14. The van der Waals surface area contributed by atoms with Crippen LogP contribution in [0, 0.1) is 12.8 Å². The Bertz CT molecular complexity index is 2410. The number of aryl methyl sites for hydroxylation is 2. The lowest BCUT2D eigenvalue weighted by Crippen LogP contribution is -2.42.